The van der Waals surface area contributed by atoms with E-state index in [0.29, 0.717) is 49.0 Å². The predicted molar refractivity (Wildman–Crippen MR) is 134 cm³/mol. The van der Waals surface area contributed by atoms with Crippen LogP contribution in [0.5, 0.6) is 0 Å². The minimum absolute atomic E-state index is 0.117. The Morgan fingerprint density at radius 1 is 1.00 bits per heavy atom. The number of nitrogens with one attached hydrogen (secondary N) is 2. The van der Waals surface area contributed by atoms with Crippen molar-refractivity contribution in [3.05, 3.63) is 47.8 Å². The molecule has 9 unspecified atom stereocenters. The standard InChI is InChI=1S/C29H38N2O4/c1-3-18-16(2)14-22-20(18)10-11-21-19-6-4-8-26(33)30-13-5-7-24-28(34)27(29(35)31-24)25(32)12-9-17(19)15-23(21)22/h4,8-12,16-24,32H,3,5-7,13-15H2,1-2H3,(H,30,33)(H,31,35)/b8-4?,12-9?,27-25+. The molecule has 2 amide bonds. The summed E-state index contributed by atoms with van der Waals surface area (Å²) in [5, 5.41) is 16.3. The maximum Gasteiger partial charge on any atom is 0.259 e. The molecule has 3 fully saturated rings. The highest BCUT2D eigenvalue weighted by molar-refractivity contribution is 6.27. The first-order chi connectivity index (χ1) is 16.9. The lowest BCUT2D eigenvalue weighted by Crippen LogP contribution is -2.31. The minimum Gasteiger partial charge on any atom is -0.507 e. The number of allylic oxidation sites excluding steroid dienone is 5. The maximum atomic E-state index is 12.8. The number of carbonyl (C=O) groups excluding carboxylic acids is 3. The van der Waals surface area contributed by atoms with Crippen molar-refractivity contribution in [3.8, 4) is 0 Å². The molecule has 3 aliphatic carbocycles. The van der Waals surface area contributed by atoms with Gasteiger partial charge in [0.1, 0.15) is 11.3 Å². The summed E-state index contributed by atoms with van der Waals surface area (Å²) in [6.07, 6.45) is 17.4. The molecule has 3 N–H and O–H groups in total. The summed E-state index contributed by atoms with van der Waals surface area (Å²) in [6.45, 7) is 5.14. The van der Waals surface area contributed by atoms with E-state index in [1.54, 1.807) is 12.2 Å². The van der Waals surface area contributed by atoms with E-state index in [0.717, 1.165) is 24.7 Å². The molecule has 0 spiro atoms. The first-order valence-corrected chi connectivity index (χ1v) is 13.5. The molecule has 0 aromatic heterocycles. The summed E-state index contributed by atoms with van der Waals surface area (Å²) in [7, 11) is 0. The molecule has 0 radical (unpaired) electrons. The van der Waals surface area contributed by atoms with E-state index >= 15 is 0 Å². The second kappa shape index (κ2) is 9.79. The lowest BCUT2D eigenvalue weighted by atomic mass is 9.69. The van der Waals surface area contributed by atoms with E-state index in [1.165, 1.54) is 12.8 Å². The van der Waals surface area contributed by atoms with Crippen LogP contribution in [-0.4, -0.2) is 35.3 Å². The highest BCUT2D eigenvalue weighted by Gasteiger charge is 2.52. The zero-order valence-corrected chi connectivity index (χ0v) is 20.8. The Morgan fingerprint density at radius 2 is 1.77 bits per heavy atom. The number of ketones is 1. The van der Waals surface area contributed by atoms with Crippen molar-refractivity contribution >= 4 is 17.6 Å². The van der Waals surface area contributed by atoms with E-state index in [2.05, 4.69) is 36.6 Å². The van der Waals surface area contributed by atoms with Crippen LogP contribution in [0, 0.1) is 47.3 Å². The van der Waals surface area contributed by atoms with Crippen molar-refractivity contribution in [1.29, 1.82) is 0 Å². The molecule has 6 nitrogen and oxygen atoms in total. The highest BCUT2D eigenvalue weighted by Crippen LogP contribution is 2.59. The Bertz CT molecular complexity index is 1010. The SMILES string of the molecule is CCC1C(C)CC2C1C=CC1C3CC=CC(=O)NCCCC4NC(=O)/C(=C(/O)C=CC3CC12)C4=O. The molecule has 6 heteroatoms. The van der Waals surface area contributed by atoms with Crippen molar-refractivity contribution in [1.82, 2.24) is 10.6 Å². The van der Waals surface area contributed by atoms with Gasteiger partial charge < -0.3 is 15.7 Å². The van der Waals surface area contributed by atoms with Gasteiger partial charge in [0, 0.05) is 6.54 Å². The fraction of sp³-hybridized carbons (Fsp3) is 0.621. The first-order valence-electron chi connectivity index (χ1n) is 13.5. The van der Waals surface area contributed by atoms with Gasteiger partial charge in [0.15, 0.2) is 5.78 Å². The monoisotopic (exact) mass is 478 g/mol. The molecule has 2 heterocycles. The fourth-order valence-electron chi connectivity index (χ4n) is 7.92. The van der Waals surface area contributed by atoms with Gasteiger partial charge in [-0.05, 0) is 91.6 Å². The van der Waals surface area contributed by atoms with Crippen LogP contribution < -0.4 is 10.6 Å². The van der Waals surface area contributed by atoms with Gasteiger partial charge in [-0.1, -0.05) is 44.6 Å². The van der Waals surface area contributed by atoms with Crippen LogP contribution in [0.25, 0.3) is 0 Å². The molecule has 1 saturated heterocycles. The Morgan fingerprint density at radius 3 is 2.57 bits per heavy atom. The zero-order valence-electron chi connectivity index (χ0n) is 20.8. The summed E-state index contributed by atoms with van der Waals surface area (Å²) in [4.78, 5) is 37.6. The topological polar surface area (TPSA) is 95.5 Å². The third kappa shape index (κ3) is 4.41. The molecular formula is C29H38N2O4. The molecule has 35 heavy (non-hydrogen) atoms. The van der Waals surface area contributed by atoms with Crippen molar-refractivity contribution in [2.24, 2.45) is 47.3 Å². The average molecular weight is 479 g/mol. The number of aliphatic hydroxyl groups excluding tert-OH is 1. The Hall–Kier alpha value is -2.63. The summed E-state index contributed by atoms with van der Waals surface area (Å²) in [5.41, 5.74) is -0.135. The summed E-state index contributed by atoms with van der Waals surface area (Å²) >= 11 is 0. The molecule has 9 atom stereocenters. The number of amides is 2. The van der Waals surface area contributed by atoms with Crippen LogP contribution in [0.15, 0.2) is 47.8 Å². The van der Waals surface area contributed by atoms with Gasteiger partial charge in [0.05, 0.1) is 6.04 Å². The Kier molecular flexibility index (Phi) is 6.73. The summed E-state index contributed by atoms with van der Waals surface area (Å²) in [5.74, 6) is 3.16. The highest BCUT2D eigenvalue weighted by atomic mass is 16.3. The number of hydrogen-bond donors (Lipinski definition) is 3. The number of hydrogen-bond acceptors (Lipinski definition) is 4. The van der Waals surface area contributed by atoms with Crippen LogP contribution in [0.4, 0.5) is 0 Å². The second-order valence-corrected chi connectivity index (χ2v) is 11.3. The van der Waals surface area contributed by atoms with Crippen molar-refractivity contribution in [2.75, 3.05) is 6.54 Å². The Balaban J connectivity index is 1.46. The summed E-state index contributed by atoms with van der Waals surface area (Å²) < 4.78 is 0. The van der Waals surface area contributed by atoms with E-state index in [-0.39, 0.29) is 28.9 Å². The number of aliphatic hydroxyl groups is 1. The Labute approximate surface area is 208 Å². The lowest BCUT2D eigenvalue weighted by molar-refractivity contribution is -0.118. The van der Waals surface area contributed by atoms with Gasteiger partial charge in [-0.25, -0.2) is 0 Å². The molecule has 0 aromatic rings. The molecule has 5 aliphatic rings. The molecule has 5 rings (SSSR count). The minimum atomic E-state index is -0.645. The molecule has 188 valence electrons. The molecule has 2 saturated carbocycles. The third-order valence-electron chi connectivity index (χ3n) is 9.52. The second-order valence-electron chi connectivity index (χ2n) is 11.3. The lowest BCUT2D eigenvalue weighted by Gasteiger charge is -2.35. The van der Waals surface area contributed by atoms with Gasteiger partial charge >= 0.3 is 0 Å². The molecule has 0 aromatic carbocycles. The van der Waals surface area contributed by atoms with Crippen LogP contribution in [0.3, 0.4) is 0 Å². The van der Waals surface area contributed by atoms with E-state index in [9.17, 15) is 19.5 Å². The van der Waals surface area contributed by atoms with Crippen molar-refractivity contribution in [2.45, 2.75) is 58.4 Å². The van der Waals surface area contributed by atoms with Crippen LogP contribution in [-0.2, 0) is 14.4 Å². The van der Waals surface area contributed by atoms with Crippen LogP contribution >= 0.6 is 0 Å². The van der Waals surface area contributed by atoms with Crippen molar-refractivity contribution < 1.29 is 19.5 Å². The predicted octanol–water partition coefficient (Wildman–Crippen LogP) is 4.02. The average Bonchev–Trinajstić information content (AvgIpc) is 3.44. The quantitative estimate of drug-likeness (QED) is 0.392. The number of carbonyl (C=O) groups is 3. The van der Waals surface area contributed by atoms with Gasteiger partial charge in [-0.15, -0.1) is 0 Å². The first kappa shape index (κ1) is 24.1. The normalized spacial score (nSPS) is 43.5. The fourth-order valence-corrected chi connectivity index (χ4v) is 7.92. The van der Waals surface area contributed by atoms with Crippen LogP contribution in [0.2, 0.25) is 0 Å². The van der Waals surface area contributed by atoms with Gasteiger partial charge in [-0.3, -0.25) is 14.4 Å². The largest absolute Gasteiger partial charge is 0.507 e. The van der Waals surface area contributed by atoms with Gasteiger partial charge in [0.2, 0.25) is 5.91 Å². The van der Waals surface area contributed by atoms with E-state index in [4.69, 9.17) is 0 Å². The van der Waals surface area contributed by atoms with E-state index in [1.807, 2.05) is 12.2 Å². The molecular weight excluding hydrogens is 440 g/mol. The molecule has 2 bridgehead atoms. The smallest absolute Gasteiger partial charge is 0.259 e. The van der Waals surface area contributed by atoms with Crippen LogP contribution in [0.1, 0.15) is 52.4 Å². The number of rotatable bonds is 1. The van der Waals surface area contributed by atoms with Crippen molar-refractivity contribution in [3.63, 3.8) is 0 Å². The van der Waals surface area contributed by atoms with Gasteiger partial charge in [0.25, 0.3) is 5.91 Å². The maximum absolute atomic E-state index is 12.8. The summed E-state index contributed by atoms with van der Waals surface area (Å²) in [6, 6.07) is -0.645. The number of fused-ring (bicyclic) bond motifs is 7. The van der Waals surface area contributed by atoms with Gasteiger partial charge in [-0.2, -0.15) is 0 Å². The third-order valence-corrected chi connectivity index (χ3v) is 9.52. The van der Waals surface area contributed by atoms with E-state index < -0.39 is 11.9 Å². The zero-order chi connectivity index (χ0) is 24.7. The number of Topliss-reactive ketones (excluding diaryl/α,β-unsaturated/α-hetero) is 1. The molecule has 2 aliphatic heterocycles.